The van der Waals surface area contributed by atoms with Gasteiger partial charge < -0.3 is 15.4 Å². The fourth-order valence-electron chi connectivity index (χ4n) is 3.60. The summed E-state index contributed by atoms with van der Waals surface area (Å²) in [6.45, 7) is 3.04. The number of hydrogen-bond acceptors (Lipinski definition) is 5. The number of para-hydroxylation sites is 1. The molecule has 1 aliphatic heterocycles. The second kappa shape index (κ2) is 8.00. The maximum Gasteiger partial charge on any atom is 0.327 e. The molecule has 4 amide bonds. The molecule has 2 fully saturated rings. The van der Waals surface area contributed by atoms with Gasteiger partial charge in [0.15, 0.2) is 6.10 Å². The van der Waals surface area contributed by atoms with E-state index in [1.807, 2.05) is 6.07 Å². The topological polar surface area (TPSA) is 105 Å². The van der Waals surface area contributed by atoms with Gasteiger partial charge in [-0.1, -0.05) is 25.1 Å². The molecular weight excluding hydrogens is 362 g/mol. The summed E-state index contributed by atoms with van der Waals surface area (Å²) in [6, 6.07) is 8.20. The van der Waals surface area contributed by atoms with E-state index in [-0.39, 0.29) is 5.91 Å². The van der Waals surface area contributed by atoms with Gasteiger partial charge in [0, 0.05) is 5.69 Å². The average molecular weight is 387 g/mol. The second-order valence-corrected chi connectivity index (χ2v) is 7.57. The average Bonchev–Trinajstić information content (AvgIpc) is 2.89. The normalized spacial score (nSPS) is 25.4. The summed E-state index contributed by atoms with van der Waals surface area (Å²) in [7, 11) is 0. The zero-order valence-electron chi connectivity index (χ0n) is 16.1. The SMILES string of the molecule is CC1CCC2(CC1)NC(=O)N(CC(=O)O[C@H](C)C(=O)Nc1ccccc1)C2=O. The molecule has 2 aliphatic rings. The minimum Gasteiger partial charge on any atom is -0.451 e. The van der Waals surface area contributed by atoms with E-state index in [1.165, 1.54) is 6.92 Å². The highest BCUT2D eigenvalue weighted by atomic mass is 16.5. The first kappa shape index (κ1) is 19.9. The Kier molecular flexibility index (Phi) is 5.67. The number of amides is 4. The molecule has 3 rings (SSSR count). The zero-order chi connectivity index (χ0) is 20.3. The molecule has 2 N–H and O–H groups in total. The number of nitrogens with zero attached hydrogens (tertiary/aromatic N) is 1. The first-order valence-electron chi connectivity index (χ1n) is 9.50. The summed E-state index contributed by atoms with van der Waals surface area (Å²) in [4.78, 5) is 50.2. The highest BCUT2D eigenvalue weighted by Crippen LogP contribution is 2.36. The number of esters is 1. The highest BCUT2D eigenvalue weighted by molar-refractivity contribution is 6.08. The van der Waals surface area contributed by atoms with Crippen LogP contribution in [0.15, 0.2) is 30.3 Å². The summed E-state index contributed by atoms with van der Waals surface area (Å²) in [5, 5.41) is 5.39. The highest BCUT2D eigenvalue weighted by Gasteiger charge is 2.52. The van der Waals surface area contributed by atoms with Crippen LogP contribution < -0.4 is 10.6 Å². The fourth-order valence-corrected chi connectivity index (χ4v) is 3.60. The van der Waals surface area contributed by atoms with Crippen molar-refractivity contribution in [3.05, 3.63) is 30.3 Å². The van der Waals surface area contributed by atoms with Gasteiger partial charge in [-0.2, -0.15) is 0 Å². The molecule has 1 aromatic rings. The van der Waals surface area contributed by atoms with E-state index in [9.17, 15) is 19.2 Å². The van der Waals surface area contributed by atoms with Crippen LogP contribution in [0.5, 0.6) is 0 Å². The minimum absolute atomic E-state index is 0.386. The minimum atomic E-state index is -1.06. The van der Waals surface area contributed by atoms with E-state index in [1.54, 1.807) is 24.3 Å². The summed E-state index contributed by atoms with van der Waals surface area (Å²) >= 11 is 0. The monoisotopic (exact) mass is 387 g/mol. The number of hydrogen-bond donors (Lipinski definition) is 2. The quantitative estimate of drug-likeness (QED) is 0.594. The smallest absolute Gasteiger partial charge is 0.327 e. The molecule has 0 unspecified atom stereocenters. The Balaban J connectivity index is 1.55. The van der Waals surface area contributed by atoms with Crippen LogP contribution in [-0.2, 0) is 19.1 Å². The molecule has 0 radical (unpaired) electrons. The maximum atomic E-state index is 12.8. The summed E-state index contributed by atoms with van der Waals surface area (Å²) in [5.74, 6) is -1.17. The molecule has 1 heterocycles. The fraction of sp³-hybridized carbons (Fsp3) is 0.500. The number of carbonyl (C=O) groups is 4. The molecule has 8 nitrogen and oxygen atoms in total. The first-order valence-corrected chi connectivity index (χ1v) is 9.50. The van der Waals surface area contributed by atoms with Crippen LogP contribution in [-0.4, -0.2) is 46.9 Å². The van der Waals surface area contributed by atoms with E-state index in [4.69, 9.17) is 4.74 Å². The lowest BCUT2D eigenvalue weighted by Crippen LogP contribution is -2.49. The largest absolute Gasteiger partial charge is 0.451 e. The standard InChI is InChI=1S/C20H25N3O5/c1-13-8-10-20(11-9-13)18(26)23(19(27)22-20)12-16(24)28-14(2)17(25)21-15-6-4-3-5-7-15/h3-7,13-14H,8-12H2,1-2H3,(H,21,25)(H,22,27)/t13?,14-,20?/m1/s1. The second-order valence-electron chi connectivity index (χ2n) is 7.57. The molecule has 1 spiro atoms. The van der Waals surface area contributed by atoms with E-state index >= 15 is 0 Å². The van der Waals surface area contributed by atoms with Crippen molar-refractivity contribution in [2.75, 3.05) is 11.9 Å². The zero-order valence-corrected chi connectivity index (χ0v) is 16.1. The van der Waals surface area contributed by atoms with Gasteiger partial charge in [-0.25, -0.2) is 4.79 Å². The molecule has 1 saturated heterocycles. The third-order valence-corrected chi connectivity index (χ3v) is 5.38. The Morgan fingerprint density at radius 1 is 1.25 bits per heavy atom. The molecule has 8 heteroatoms. The van der Waals surface area contributed by atoms with Gasteiger partial charge in [-0.15, -0.1) is 0 Å². The van der Waals surface area contributed by atoms with Gasteiger partial charge in [0.25, 0.3) is 11.8 Å². The van der Waals surface area contributed by atoms with Gasteiger partial charge in [-0.3, -0.25) is 19.3 Å². The van der Waals surface area contributed by atoms with Crippen molar-refractivity contribution < 1.29 is 23.9 Å². The van der Waals surface area contributed by atoms with Crippen molar-refractivity contribution in [3.63, 3.8) is 0 Å². The third kappa shape index (κ3) is 4.16. The van der Waals surface area contributed by atoms with Crippen molar-refractivity contribution in [2.24, 2.45) is 5.92 Å². The Hall–Kier alpha value is -2.90. The van der Waals surface area contributed by atoms with Crippen LogP contribution >= 0.6 is 0 Å². The summed E-state index contributed by atoms with van der Waals surface area (Å²) in [5.41, 5.74) is -0.321. The number of ether oxygens (including phenoxy) is 1. The summed E-state index contributed by atoms with van der Waals surface area (Å²) in [6.07, 6.45) is 1.78. The lowest BCUT2D eigenvalue weighted by molar-refractivity contribution is -0.155. The maximum absolute atomic E-state index is 12.8. The molecular formula is C20H25N3O5. The number of urea groups is 1. The van der Waals surface area contributed by atoms with Gasteiger partial charge in [0.2, 0.25) is 0 Å². The lowest BCUT2D eigenvalue weighted by Gasteiger charge is -2.33. The number of rotatable bonds is 5. The molecule has 0 aromatic heterocycles. The number of benzene rings is 1. The molecule has 1 aromatic carbocycles. The Morgan fingerprint density at radius 3 is 2.54 bits per heavy atom. The van der Waals surface area contributed by atoms with E-state index in [0.29, 0.717) is 24.4 Å². The first-order chi connectivity index (χ1) is 13.3. The Labute approximate surface area is 163 Å². The van der Waals surface area contributed by atoms with E-state index in [2.05, 4.69) is 17.6 Å². The predicted molar refractivity (Wildman–Crippen MR) is 101 cm³/mol. The van der Waals surface area contributed by atoms with Gasteiger partial charge >= 0.3 is 12.0 Å². The lowest BCUT2D eigenvalue weighted by atomic mass is 9.77. The van der Waals surface area contributed by atoms with Crippen LogP contribution in [0.3, 0.4) is 0 Å². The van der Waals surface area contributed by atoms with Crippen LogP contribution in [0.1, 0.15) is 39.5 Å². The molecule has 0 bridgehead atoms. The number of imide groups is 1. The third-order valence-electron chi connectivity index (χ3n) is 5.38. The van der Waals surface area contributed by atoms with Crippen LogP contribution in [0.2, 0.25) is 0 Å². The van der Waals surface area contributed by atoms with Gasteiger partial charge in [0.1, 0.15) is 12.1 Å². The summed E-state index contributed by atoms with van der Waals surface area (Å²) < 4.78 is 5.11. The number of anilines is 1. The van der Waals surface area contributed by atoms with Gasteiger partial charge in [-0.05, 0) is 50.7 Å². The van der Waals surface area contributed by atoms with Crippen LogP contribution in [0.25, 0.3) is 0 Å². The van der Waals surface area contributed by atoms with Crippen molar-refractivity contribution in [2.45, 2.75) is 51.2 Å². The Morgan fingerprint density at radius 2 is 1.89 bits per heavy atom. The molecule has 1 aliphatic carbocycles. The number of nitrogens with one attached hydrogen (secondary N) is 2. The number of carbonyl (C=O) groups excluding carboxylic acids is 4. The molecule has 28 heavy (non-hydrogen) atoms. The van der Waals surface area contributed by atoms with E-state index in [0.717, 1.165) is 17.7 Å². The predicted octanol–water partition coefficient (Wildman–Crippen LogP) is 2.06. The van der Waals surface area contributed by atoms with E-state index < -0.39 is 36.1 Å². The Bertz CT molecular complexity index is 771. The van der Waals surface area contributed by atoms with Crippen molar-refractivity contribution >= 4 is 29.5 Å². The van der Waals surface area contributed by atoms with Crippen molar-refractivity contribution in [3.8, 4) is 0 Å². The van der Waals surface area contributed by atoms with Crippen LogP contribution in [0, 0.1) is 5.92 Å². The van der Waals surface area contributed by atoms with Crippen LogP contribution in [0.4, 0.5) is 10.5 Å². The van der Waals surface area contributed by atoms with Crippen molar-refractivity contribution in [1.29, 1.82) is 0 Å². The molecule has 1 saturated carbocycles. The molecule has 1 atom stereocenters. The molecule has 150 valence electrons. The van der Waals surface area contributed by atoms with Crippen molar-refractivity contribution in [1.82, 2.24) is 10.2 Å². The van der Waals surface area contributed by atoms with Gasteiger partial charge in [0.05, 0.1) is 0 Å².